The first kappa shape index (κ1) is 23.9. The van der Waals surface area contributed by atoms with Crippen LogP contribution in [0.1, 0.15) is 42.2 Å². The molecule has 2 N–H and O–H groups in total. The Bertz CT molecular complexity index is 1340. The van der Waals surface area contributed by atoms with Gasteiger partial charge in [0.1, 0.15) is 11.6 Å². The predicted molar refractivity (Wildman–Crippen MR) is 138 cm³/mol. The van der Waals surface area contributed by atoms with Crippen LogP contribution >= 0.6 is 0 Å². The molecule has 0 bridgehead atoms. The van der Waals surface area contributed by atoms with Crippen LogP contribution in [-0.4, -0.2) is 34.6 Å². The summed E-state index contributed by atoms with van der Waals surface area (Å²) in [4.78, 5) is 22.3. The van der Waals surface area contributed by atoms with Gasteiger partial charge >= 0.3 is 0 Å². The first-order valence-electron chi connectivity index (χ1n) is 12.4. The Hall–Kier alpha value is -3.84. The van der Waals surface area contributed by atoms with E-state index in [9.17, 15) is 9.18 Å². The van der Waals surface area contributed by atoms with E-state index in [1.807, 2.05) is 61.5 Å². The number of aromatic nitrogens is 2. The van der Waals surface area contributed by atoms with Gasteiger partial charge in [-0.05, 0) is 74.7 Å². The number of nitrogens with zero attached hydrogens (tertiary/aromatic N) is 2. The van der Waals surface area contributed by atoms with Crippen LogP contribution in [0, 0.1) is 5.82 Å². The largest absolute Gasteiger partial charge is 0.494 e. The van der Waals surface area contributed by atoms with Crippen LogP contribution in [0.4, 0.5) is 4.39 Å². The topological polar surface area (TPSA) is 76.1 Å². The molecule has 4 aromatic rings. The highest BCUT2D eigenvalue weighted by molar-refractivity contribution is 6.07. The number of hydrogen-bond acceptors (Lipinski definition) is 5. The van der Waals surface area contributed by atoms with Crippen molar-refractivity contribution in [3.05, 3.63) is 90.0 Å². The summed E-state index contributed by atoms with van der Waals surface area (Å²) in [5.74, 6) is 0.378. The normalized spacial score (nSPS) is 17.3. The van der Waals surface area contributed by atoms with Gasteiger partial charge in [0.25, 0.3) is 5.91 Å². The van der Waals surface area contributed by atoms with E-state index < -0.39 is 0 Å². The standard InChI is InChI=1S/C29H29FN4O2/c1-2-36-24-13-7-19(8-14-24)28-16-26(25-5-3-4-6-27(25)34-28)29(35)33-22-12-11-21(15-22)32-18-23-10-9-20(30)17-31-23/h3-10,13-14,16-17,21-22,32H,2,11-12,15,18H2,1H3,(H,33,35)/t21-,22+/m0/s1. The molecular formula is C29H29FN4O2. The van der Waals surface area contributed by atoms with Crippen LogP contribution in [0.3, 0.4) is 0 Å². The predicted octanol–water partition coefficient (Wildman–Crippen LogP) is 5.28. The molecule has 1 amide bonds. The molecular weight excluding hydrogens is 455 g/mol. The van der Waals surface area contributed by atoms with Crippen LogP contribution in [-0.2, 0) is 6.54 Å². The summed E-state index contributed by atoms with van der Waals surface area (Å²) < 4.78 is 18.6. The SMILES string of the molecule is CCOc1ccc(-c2cc(C(=O)N[C@@H]3CC[C@H](NCc4ccc(F)cn4)C3)c3ccccc3n2)cc1. The number of para-hydroxylation sites is 1. The first-order valence-corrected chi connectivity index (χ1v) is 12.4. The minimum Gasteiger partial charge on any atom is -0.494 e. The molecule has 0 saturated heterocycles. The van der Waals surface area contributed by atoms with E-state index >= 15 is 0 Å². The number of ether oxygens (including phenoxy) is 1. The van der Waals surface area contributed by atoms with Crippen molar-refractivity contribution in [2.24, 2.45) is 0 Å². The molecule has 0 aliphatic heterocycles. The number of amides is 1. The summed E-state index contributed by atoms with van der Waals surface area (Å²) in [6, 6.07) is 20.8. The minimum absolute atomic E-state index is 0.0806. The van der Waals surface area contributed by atoms with Crippen molar-refractivity contribution in [2.45, 2.75) is 44.8 Å². The highest BCUT2D eigenvalue weighted by atomic mass is 19.1. The summed E-state index contributed by atoms with van der Waals surface area (Å²) in [5, 5.41) is 7.55. The fourth-order valence-electron chi connectivity index (χ4n) is 4.72. The van der Waals surface area contributed by atoms with Gasteiger partial charge in [-0.15, -0.1) is 0 Å². The zero-order chi connectivity index (χ0) is 24.9. The van der Waals surface area contributed by atoms with Gasteiger partial charge in [0.15, 0.2) is 0 Å². The van der Waals surface area contributed by atoms with Crippen LogP contribution in [0.25, 0.3) is 22.2 Å². The van der Waals surface area contributed by atoms with E-state index in [2.05, 4.69) is 15.6 Å². The van der Waals surface area contributed by atoms with Gasteiger partial charge in [-0.25, -0.2) is 9.37 Å². The van der Waals surface area contributed by atoms with Crippen LogP contribution in [0.15, 0.2) is 72.9 Å². The van der Waals surface area contributed by atoms with Crippen molar-refractivity contribution in [3.8, 4) is 17.0 Å². The summed E-state index contributed by atoms with van der Waals surface area (Å²) in [5.41, 5.74) is 3.88. The lowest BCUT2D eigenvalue weighted by Gasteiger charge is -2.16. The summed E-state index contributed by atoms with van der Waals surface area (Å²) >= 11 is 0. The van der Waals surface area contributed by atoms with E-state index in [1.165, 1.54) is 12.3 Å². The Morgan fingerprint density at radius 1 is 1.06 bits per heavy atom. The van der Waals surface area contributed by atoms with E-state index in [1.54, 1.807) is 6.07 Å². The molecule has 6 nitrogen and oxygen atoms in total. The van der Waals surface area contributed by atoms with Crippen molar-refractivity contribution in [3.63, 3.8) is 0 Å². The fraction of sp³-hybridized carbons (Fsp3) is 0.276. The lowest BCUT2D eigenvalue weighted by atomic mass is 10.0. The van der Waals surface area contributed by atoms with Gasteiger partial charge in [0, 0.05) is 29.6 Å². The molecule has 0 spiro atoms. The van der Waals surface area contributed by atoms with Crippen molar-refractivity contribution in [1.82, 2.24) is 20.6 Å². The molecule has 2 heterocycles. The Kier molecular flexibility index (Phi) is 7.18. The zero-order valence-corrected chi connectivity index (χ0v) is 20.2. The van der Waals surface area contributed by atoms with Gasteiger partial charge in [0.2, 0.25) is 0 Å². The quantitative estimate of drug-likeness (QED) is 0.356. The average molecular weight is 485 g/mol. The Balaban J connectivity index is 1.29. The molecule has 1 saturated carbocycles. The highest BCUT2D eigenvalue weighted by Crippen LogP contribution is 2.27. The number of carbonyl (C=O) groups excluding carboxylic acids is 1. The van der Waals surface area contributed by atoms with Crippen molar-refractivity contribution in [1.29, 1.82) is 0 Å². The van der Waals surface area contributed by atoms with Gasteiger partial charge < -0.3 is 15.4 Å². The monoisotopic (exact) mass is 484 g/mol. The molecule has 5 rings (SSSR count). The molecule has 0 unspecified atom stereocenters. The molecule has 184 valence electrons. The summed E-state index contributed by atoms with van der Waals surface area (Å²) in [6.45, 7) is 3.14. The lowest BCUT2D eigenvalue weighted by Crippen LogP contribution is -2.35. The minimum atomic E-state index is -0.336. The second-order valence-electron chi connectivity index (χ2n) is 9.06. The smallest absolute Gasteiger partial charge is 0.252 e. The Labute approximate surface area is 209 Å². The average Bonchev–Trinajstić information content (AvgIpc) is 3.35. The molecule has 0 radical (unpaired) electrons. The van der Waals surface area contributed by atoms with Crippen molar-refractivity contribution in [2.75, 3.05) is 6.61 Å². The molecule has 1 fully saturated rings. The first-order chi connectivity index (χ1) is 17.6. The lowest BCUT2D eigenvalue weighted by molar-refractivity contribution is 0.0939. The molecule has 36 heavy (non-hydrogen) atoms. The Morgan fingerprint density at radius 3 is 2.64 bits per heavy atom. The van der Waals surface area contributed by atoms with E-state index in [-0.39, 0.29) is 23.8 Å². The van der Waals surface area contributed by atoms with Crippen LogP contribution in [0.2, 0.25) is 0 Å². The molecule has 7 heteroatoms. The van der Waals surface area contributed by atoms with Gasteiger partial charge in [0.05, 0.1) is 35.3 Å². The van der Waals surface area contributed by atoms with E-state index in [0.29, 0.717) is 18.7 Å². The maximum Gasteiger partial charge on any atom is 0.252 e. The number of halogens is 1. The molecule has 2 aromatic heterocycles. The zero-order valence-electron chi connectivity index (χ0n) is 20.2. The molecule has 2 aromatic carbocycles. The number of pyridine rings is 2. The summed E-state index contributed by atoms with van der Waals surface area (Å²) in [7, 11) is 0. The maximum absolute atomic E-state index is 13.4. The second kappa shape index (κ2) is 10.8. The van der Waals surface area contributed by atoms with E-state index in [4.69, 9.17) is 9.72 Å². The maximum atomic E-state index is 13.4. The number of benzene rings is 2. The number of nitrogens with one attached hydrogen (secondary N) is 2. The highest BCUT2D eigenvalue weighted by Gasteiger charge is 2.26. The van der Waals surface area contributed by atoms with Crippen LogP contribution < -0.4 is 15.4 Å². The fourth-order valence-corrected chi connectivity index (χ4v) is 4.72. The number of rotatable bonds is 8. The molecule has 2 atom stereocenters. The van der Waals surface area contributed by atoms with Gasteiger partial charge in [-0.3, -0.25) is 9.78 Å². The molecule has 1 aliphatic carbocycles. The Morgan fingerprint density at radius 2 is 1.86 bits per heavy atom. The van der Waals surface area contributed by atoms with Crippen molar-refractivity contribution >= 4 is 16.8 Å². The van der Waals surface area contributed by atoms with Crippen molar-refractivity contribution < 1.29 is 13.9 Å². The summed E-state index contributed by atoms with van der Waals surface area (Å²) in [6.07, 6.45) is 3.92. The second-order valence-corrected chi connectivity index (χ2v) is 9.06. The third-order valence-electron chi connectivity index (χ3n) is 6.55. The molecule has 1 aliphatic rings. The van der Waals surface area contributed by atoms with Gasteiger partial charge in [-0.1, -0.05) is 18.2 Å². The third-order valence-corrected chi connectivity index (χ3v) is 6.55. The van der Waals surface area contributed by atoms with Gasteiger partial charge in [-0.2, -0.15) is 0 Å². The number of carbonyl (C=O) groups is 1. The van der Waals surface area contributed by atoms with E-state index in [0.717, 1.165) is 52.9 Å². The number of fused-ring (bicyclic) bond motifs is 1. The van der Waals surface area contributed by atoms with Crippen LogP contribution in [0.5, 0.6) is 5.75 Å². The third kappa shape index (κ3) is 5.52. The number of hydrogen-bond donors (Lipinski definition) is 2.